The van der Waals surface area contributed by atoms with Gasteiger partial charge in [-0.05, 0) is 54.0 Å². The largest absolute Gasteiger partial charge is 0.347 e. The van der Waals surface area contributed by atoms with Gasteiger partial charge >= 0.3 is 0 Å². The van der Waals surface area contributed by atoms with Crippen molar-refractivity contribution < 1.29 is 18.0 Å². The lowest BCUT2D eigenvalue weighted by molar-refractivity contribution is -0.129. The van der Waals surface area contributed by atoms with Crippen molar-refractivity contribution in [3.63, 3.8) is 0 Å². The van der Waals surface area contributed by atoms with E-state index in [1.807, 2.05) is 59.2 Å². The van der Waals surface area contributed by atoms with Crippen LogP contribution in [-0.2, 0) is 27.8 Å². The standard InChI is InChI=1S/C33H37N3O4S/c1-35(2)30(37)23-36-29-22-27(33(38)34-41(39,40)21-20-24-12-6-3-7-13-24)18-19-28(29)31(25-14-8-4-9-15-25)32(36)26-16-10-5-11-17-26/h3,5-7,10-13,16-19,22,25H,4,8-9,14-15,20-21,23H2,1-2H3,(H,34,38). The third-order valence-corrected chi connectivity index (χ3v) is 9.21. The smallest absolute Gasteiger partial charge is 0.264 e. The lowest BCUT2D eigenvalue weighted by atomic mass is 9.82. The van der Waals surface area contributed by atoms with Gasteiger partial charge in [-0.2, -0.15) is 0 Å². The molecule has 3 aromatic carbocycles. The number of nitrogens with one attached hydrogen (secondary N) is 1. The summed E-state index contributed by atoms with van der Waals surface area (Å²) in [6.07, 6.45) is 5.99. The third kappa shape index (κ3) is 6.54. The number of fused-ring (bicyclic) bond motifs is 1. The van der Waals surface area contributed by atoms with E-state index in [4.69, 9.17) is 0 Å². The highest BCUT2D eigenvalue weighted by Crippen LogP contribution is 2.44. The minimum atomic E-state index is -3.85. The number of benzene rings is 3. The maximum atomic E-state index is 13.2. The van der Waals surface area contributed by atoms with Crippen molar-refractivity contribution in [3.8, 4) is 11.3 Å². The van der Waals surface area contributed by atoms with Crippen LogP contribution in [0.15, 0.2) is 78.9 Å². The fourth-order valence-electron chi connectivity index (χ4n) is 5.82. The molecule has 1 aliphatic rings. The lowest BCUT2D eigenvalue weighted by Gasteiger charge is -2.24. The Kier molecular flexibility index (Phi) is 8.59. The van der Waals surface area contributed by atoms with Crippen molar-refractivity contribution in [2.24, 2.45) is 0 Å². The first-order chi connectivity index (χ1) is 19.7. The minimum Gasteiger partial charge on any atom is -0.347 e. The van der Waals surface area contributed by atoms with Crippen LogP contribution in [0.5, 0.6) is 0 Å². The number of amides is 2. The van der Waals surface area contributed by atoms with Crippen molar-refractivity contribution >= 4 is 32.7 Å². The Labute approximate surface area is 242 Å². The van der Waals surface area contributed by atoms with Crippen molar-refractivity contribution in [3.05, 3.63) is 95.6 Å². The zero-order chi connectivity index (χ0) is 29.0. The van der Waals surface area contributed by atoms with Gasteiger partial charge in [0.15, 0.2) is 0 Å². The SMILES string of the molecule is CN(C)C(=O)Cn1c(-c2ccccc2)c(C2CCCCC2)c2ccc(C(=O)NS(=O)(=O)CCc3ccccc3)cc21. The molecule has 1 fully saturated rings. The molecule has 0 atom stereocenters. The van der Waals surface area contributed by atoms with Crippen LogP contribution in [0.4, 0.5) is 0 Å². The summed E-state index contributed by atoms with van der Waals surface area (Å²) in [7, 11) is -0.384. The summed E-state index contributed by atoms with van der Waals surface area (Å²) in [6.45, 7) is 0.112. The van der Waals surface area contributed by atoms with E-state index in [-0.39, 0.29) is 23.8 Å². The molecule has 1 heterocycles. The minimum absolute atomic E-state index is 0.0624. The first kappa shape index (κ1) is 28.6. The van der Waals surface area contributed by atoms with E-state index in [2.05, 4.69) is 16.9 Å². The highest BCUT2D eigenvalue weighted by atomic mass is 32.2. The first-order valence-corrected chi connectivity index (χ1v) is 15.9. The van der Waals surface area contributed by atoms with Gasteiger partial charge in [-0.1, -0.05) is 86.0 Å². The molecular formula is C33H37N3O4S. The quantitative estimate of drug-likeness (QED) is 0.277. The second-order valence-corrected chi connectivity index (χ2v) is 12.9. The molecule has 4 aromatic rings. The van der Waals surface area contributed by atoms with Gasteiger partial charge in [0, 0.05) is 25.0 Å². The summed E-state index contributed by atoms with van der Waals surface area (Å²) in [4.78, 5) is 27.9. The van der Waals surface area contributed by atoms with Crippen LogP contribution < -0.4 is 4.72 Å². The highest BCUT2D eigenvalue weighted by Gasteiger charge is 2.28. The fraction of sp³-hybridized carbons (Fsp3) is 0.333. The Bertz CT molecular complexity index is 1640. The molecule has 214 valence electrons. The van der Waals surface area contributed by atoms with Crippen LogP contribution in [-0.4, -0.2) is 49.5 Å². The average Bonchev–Trinajstić information content (AvgIpc) is 3.30. The summed E-state index contributed by atoms with van der Waals surface area (Å²) >= 11 is 0. The number of carbonyl (C=O) groups is 2. The molecular weight excluding hydrogens is 534 g/mol. The Morgan fingerprint density at radius 3 is 2.22 bits per heavy atom. The van der Waals surface area contributed by atoms with Crippen LogP contribution in [0.3, 0.4) is 0 Å². The van der Waals surface area contributed by atoms with E-state index < -0.39 is 15.9 Å². The van der Waals surface area contributed by atoms with Crippen molar-refractivity contribution in [1.82, 2.24) is 14.2 Å². The van der Waals surface area contributed by atoms with E-state index in [0.717, 1.165) is 53.4 Å². The van der Waals surface area contributed by atoms with Crippen molar-refractivity contribution in [2.75, 3.05) is 19.8 Å². The van der Waals surface area contributed by atoms with Gasteiger partial charge in [0.1, 0.15) is 6.54 Å². The van der Waals surface area contributed by atoms with Crippen molar-refractivity contribution in [1.29, 1.82) is 0 Å². The molecule has 5 rings (SSSR count). The number of carbonyl (C=O) groups excluding carboxylic acids is 2. The molecule has 0 saturated heterocycles. The molecule has 7 nitrogen and oxygen atoms in total. The molecule has 2 amide bonds. The Balaban J connectivity index is 1.56. The van der Waals surface area contributed by atoms with E-state index in [1.165, 1.54) is 12.0 Å². The monoisotopic (exact) mass is 571 g/mol. The third-order valence-electron chi connectivity index (χ3n) is 7.97. The van der Waals surface area contributed by atoms with E-state index in [0.29, 0.717) is 12.3 Å². The second kappa shape index (κ2) is 12.3. The van der Waals surface area contributed by atoms with Crippen LogP contribution in [0, 0.1) is 0 Å². The van der Waals surface area contributed by atoms with E-state index in [1.54, 1.807) is 31.1 Å². The molecule has 1 aromatic heterocycles. The number of hydrogen-bond acceptors (Lipinski definition) is 4. The van der Waals surface area contributed by atoms with Crippen LogP contribution >= 0.6 is 0 Å². The first-order valence-electron chi connectivity index (χ1n) is 14.2. The summed E-state index contributed by atoms with van der Waals surface area (Å²) in [6, 6.07) is 24.8. The molecule has 0 unspecified atom stereocenters. The number of nitrogens with zero attached hydrogens (tertiary/aromatic N) is 2. The van der Waals surface area contributed by atoms with Crippen LogP contribution in [0.1, 0.15) is 59.5 Å². The Hall–Kier alpha value is -3.91. The summed E-state index contributed by atoms with van der Waals surface area (Å²) in [5, 5.41) is 1.01. The van der Waals surface area contributed by atoms with Gasteiger partial charge < -0.3 is 9.47 Å². The van der Waals surface area contributed by atoms with Gasteiger partial charge in [0.05, 0.1) is 17.0 Å². The maximum Gasteiger partial charge on any atom is 0.264 e. The molecule has 0 radical (unpaired) electrons. The van der Waals surface area contributed by atoms with Gasteiger partial charge in [-0.3, -0.25) is 9.59 Å². The number of likely N-dealkylation sites (N-methyl/N-ethyl adjacent to an activating group) is 1. The summed E-state index contributed by atoms with van der Waals surface area (Å²) < 4.78 is 29.9. The number of hydrogen-bond donors (Lipinski definition) is 1. The van der Waals surface area contributed by atoms with Crippen LogP contribution in [0.2, 0.25) is 0 Å². The lowest BCUT2D eigenvalue weighted by Crippen LogP contribution is -2.33. The predicted molar refractivity (Wildman–Crippen MR) is 163 cm³/mol. The summed E-state index contributed by atoms with van der Waals surface area (Å²) in [5.74, 6) is -0.585. The molecule has 1 N–H and O–H groups in total. The van der Waals surface area contributed by atoms with E-state index >= 15 is 0 Å². The Morgan fingerprint density at radius 1 is 0.902 bits per heavy atom. The van der Waals surface area contributed by atoms with Gasteiger partial charge in [0.25, 0.3) is 5.91 Å². The number of sulfonamides is 1. The molecule has 0 bridgehead atoms. The average molecular weight is 572 g/mol. The summed E-state index contributed by atoms with van der Waals surface area (Å²) in [5.41, 5.74) is 5.11. The zero-order valence-corrected chi connectivity index (χ0v) is 24.5. The number of aryl methyl sites for hydroxylation is 1. The Morgan fingerprint density at radius 2 is 1.56 bits per heavy atom. The van der Waals surface area contributed by atoms with Gasteiger partial charge in [-0.15, -0.1) is 0 Å². The van der Waals surface area contributed by atoms with Gasteiger partial charge in [-0.25, -0.2) is 13.1 Å². The second-order valence-electron chi connectivity index (χ2n) is 11.1. The molecule has 0 aliphatic heterocycles. The van der Waals surface area contributed by atoms with E-state index in [9.17, 15) is 18.0 Å². The molecule has 8 heteroatoms. The topological polar surface area (TPSA) is 88.5 Å². The fourth-order valence-corrected chi connectivity index (χ4v) is 6.83. The predicted octanol–water partition coefficient (Wildman–Crippen LogP) is 5.75. The van der Waals surface area contributed by atoms with Crippen molar-refractivity contribution in [2.45, 2.75) is 51.0 Å². The molecule has 1 aliphatic carbocycles. The van der Waals surface area contributed by atoms with Crippen LogP contribution in [0.25, 0.3) is 22.2 Å². The van der Waals surface area contributed by atoms with Gasteiger partial charge in [0.2, 0.25) is 15.9 Å². The maximum absolute atomic E-state index is 13.2. The number of aromatic nitrogens is 1. The zero-order valence-electron chi connectivity index (χ0n) is 23.7. The molecule has 41 heavy (non-hydrogen) atoms. The molecule has 0 spiro atoms. The number of rotatable bonds is 9. The highest BCUT2D eigenvalue weighted by molar-refractivity contribution is 7.90. The normalized spacial score (nSPS) is 14.2. The molecule has 1 saturated carbocycles.